The smallest absolute Gasteiger partial charge is 0.308 e. The summed E-state index contributed by atoms with van der Waals surface area (Å²) in [5, 5.41) is 4.19. The summed E-state index contributed by atoms with van der Waals surface area (Å²) in [5.41, 5.74) is 0.946. The molecule has 1 fully saturated rings. The van der Waals surface area contributed by atoms with E-state index in [0.717, 1.165) is 40.0 Å². The van der Waals surface area contributed by atoms with E-state index < -0.39 is 0 Å². The molecular formula is C15H19ClINO2. The number of ether oxygens (including phenoxy) is 1. The van der Waals surface area contributed by atoms with Crippen LogP contribution in [-0.4, -0.2) is 18.6 Å². The first kappa shape index (κ1) is 15.9. The zero-order chi connectivity index (χ0) is 14.5. The Hall–Kier alpha value is -0.490. The highest BCUT2D eigenvalue weighted by atomic mass is 127. The molecular weight excluding hydrogens is 389 g/mol. The first-order chi connectivity index (χ1) is 9.60. The standard InChI is InChI=1S/C15H19ClINO2/c1-2-20-15(19)10-4-3-5-12(8-10)18-14-7-6-11(17)9-13(14)16/h6-7,9-10,12,18H,2-5,8H2,1H3. The molecule has 0 amide bonds. The van der Waals surface area contributed by atoms with Gasteiger partial charge in [-0.25, -0.2) is 0 Å². The van der Waals surface area contributed by atoms with Crippen molar-refractivity contribution in [2.24, 2.45) is 5.92 Å². The molecule has 1 aromatic carbocycles. The second-order valence-corrected chi connectivity index (χ2v) is 6.73. The molecule has 1 saturated carbocycles. The molecule has 110 valence electrons. The van der Waals surface area contributed by atoms with Crippen molar-refractivity contribution in [2.45, 2.75) is 38.6 Å². The molecule has 3 nitrogen and oxygen atoms in total. The van der Waals surface area contributed by atoms with E-state index in [2.05, 4.69) is 27.9 Å². The van der Waals surface area contributed by atoms with Crippen molar-refractivity contribution < 1.29 is 9.53 Å². The average molecular weight is 408 g/mol. The van der Waals surface area contributed by atoms with Crippen LogP contribution in [0.15, 0.2) is 18.2 Å². The van der Waals surface area contributed by atoms with Gasteiger partial charge in [0.1, 0.15) is 0 Å². The van der Waals surface area contributed by atoms with Crippen molar-refractivity contribution in [2.75, 3.05) is 11.9 Å². The summed E-state index contributed by atoms with van der Waals surface area (Å²) >= 11 is 8.48. The molecule has 20 heavy (non-hydrogen) atoms. The van der Waals surface area contributed by atoms with Gasteiger partial charge in [-0.3, -0.25) is 4.79 Å². The van der Waals surface area contributed by atoms with Gasteiger partial charge in [-0.1, -0.05) is 18.0 Å². The van der Waals surface area contributed by atoms with Gasteiger partial charge in [0.25, 0.3) is 0 Å². The maximum absolute atomic E-state index is 11.8. The van der Waals surface area contributed by atoms with Crippen LogP contribution in [-0.2, 0) is 9.53 Å². The van der Waals surface area contributed by atoms with Gasteiger partial charge < -0.3 is 10.1 Å². The van der Waals surface area contributed by atoms with Gasteiger partial charge in [-0.05, 0) is 67.0 Å². The number of benzene rings is 1. The van der Waals surface area contributed by atoms with Crippen molar-refractivity contribution in [1.29, 1.82) is 0 Å². The lowest BCUT2D eigenvalue weighted by molar-refractivity contribution is -0.149. The monoisotopic (exact) mass is 407 g/mol. The number of hydrogen-bond donors (Lipinski definition) is 1. The van der Waals surface area contributed by atoms with E-state index in [1.807, 2.05) is 25.1 Å². The number of carbonyl (C=O) groups is 1. The van der Waals surface area contributed by atoms with Crippen molar-refractivity contribution in [3.05, 3.63) is 26.8 Å². The lowest BCUT2D eigenvalue weighted by Gasteiger charge is -2.29. The van der Waals surface area contributed by atoms with Crippen molar-refractivity contribution in [1.82, 2.24) is 0 Å². The SMILES string of the molecule is CCOC(=O)C1CCCC(Nc2ccc(I)cc2Cl)C1. The van der Waals surface area contributed by atoms with E-state index in [1.54, 1.807) is 0 Å². The Morgan fingerprint density at radius 2 is 2.30 bits per heavy atom. The third-order valence-corrected chi connectivity index (χ3v) is 4.57. The van der Waals surface area contributed by atoms with Gasteiger partial charge in [0.15, 0.2) is 0 Å². The van der Waals surface area contributed by atoms with Gasteiger partial charge in [-0.15, -0.1) is 0 Å². The molecule has 2 unspecified atom stereocenters. The highest BCUT2D eigenvalue weighted by molar-refractivity contribution is 14.1. The Morgan fingerprint density at radius 1 is 1.50 bits per heavy atom. The molecule has 0 saturated heterocycles. The predicted molar refractivity (Wildman–Crippen MR) is 90.2 cm³/mol. The van der Waals surface area contributed by atoms with Crippen LogP contribution >= 0.6 is 34.2 Å². The topological polar surface area (TPSA) is 38.3 Å². The summed E-state index contributed by atoms with van der Waals surface area (Å²) < 4.78 is 6.24. The first-order valence-electron chi connectivity index (χ1n) is 6.98. The molecule has 0 aromatic heterocycles. The minimum absolute atomic E-state index is 0.0174. The van der Waals surface area contributed by atoms with Gasteiger partial charge in [0, 0.05) is 9.61 Å². The molecule has 2 atom stereocenters. The second-order valence-electron chi connectivity index (χ2n) is 5.08. The van der Waals surface area contributed by atoms with E-state index in [1.165, 1.54) is 0 Å². The number of carbonyl (C=O) groups excluding carboxylic acids is 1. The maximum atomic E-state index is 11.8. The highest BCUT2D eigenvalue weighted by Crippen LogP contribution is 2.30. The lowest BCUT2D eigenvalue weighted by atomic mass is 9.85. The minimum Gasteiger partial charge on any atom is -0.466 e. The van der Waals surface area contributed by atoms with E-state index in [9.17, 15) is 4.79 Å². The maximum Gasteiger partial charge on any atom is 0.308 e. The summed E-state index contributed by atoms with van der Waals surface area (Å²) in [4.78, 5) is 11.8. The summed E-state index contributed by atoms with van der Waals surface area (Å²) in [6.45, 7) is 2.30. The van der Waals surface area contributed by atoms with Crippen LogP contribution in [0, 0.1) is 9.49 Å². The fourth-order valence-corrected chi connectivity index (χ4v) is 3.53. The Balaban J connectivity index is 1.97. The van der Waals surface area contributed by atoms with Crippen LogP contribution < -0.4 is 5.32 Å². The zero-order valence-corrected chi connectivity index (χ0v) is 14.4. The molecule has 1 aliphatic carbocycles. The van der Waals surface area contributed by atoms with Gasteiger partial charge in [-0.2, -0.15) is 0 Å². The molecule has 1 aromatic rings. The number of halogens is 2. The van der Waals surface area contributed by atoms with Gasteiger partial charge in [0.05, 0.1) is 23.2 Å². The van der Waals surface area contributed by atoms with Crippen molar-refractivity contribution in [3.63, 3.8) is 0 Å². The number of esters is 1. The average Bonchev–Trinajstić information content (AvgIpc) is 2.43. The highest BCUT2D eigenvalue weighted by Gasteiger charge is 2.28. The van der Waals surface area contributed by atoms with Gasteiger partial charge in [0.2, 0.25) is 0 Å². The largest absolute Gasteiger partial charge is 0.466 e. The van der Waals surface area contributed by atoms with Crippen LogP contribution in [0.3, 0.4) is 0 Å². The summed E-state index contributed by atoms with van der Waals surface area (Å²) in [5.74, 6) is -0.0449. The molecule has 0 bridgehead atoms. The lowest BCUT2D eigenvalue weighted by Crippen LogP contribution is -2.32. The molecule has 0 radical (unpaired) electrons. The van der Waals surface area contributed by atoms with Crippen molar-refractivity contribution in [3.8, 4) is 0 Å². The van der Waals surface area contributed by atoms with Crippen LogP contribution in [0.4, 0.5) is 5.69 Å². The summed E-state index contributed by atoms with van der Waals surface area (Å²) in [7, 11) is 0. The Bertz CT molecular complexity index is 481. The fourth-order valence-electron chi connectivity index (χ4n) is 2.62. The van der Waals surface area contributed by atoms with Crippen LogP contribution in [0.5, 0.6) is 0 Å². The molecule has 0 spiro atoms. The van der Waals surface area contributed by atoms with Crippen LogP contribution in [0.25, 0.3) is 0 Å². The van der Waals surface area contributed by atoms with Crippen LogP contribution in [0.2, 0.25) is 5.02 Å². The van der Waals surface area contributed by atoms with Gasteiger partial charge >= 0.3 is 5.97 Å². The Kier molecular flexibility index (Phi) is 5.96. The van der Waals surface area contributed by atoms with Crippen LogP contribution in [0.1, 0.15) is 32.6 Å². The molecule has 1 N–H and O–H groups in total. The summed E-state index contributed by atoms with van der Waals surface area (Å²) in [6.07, 6.45) is 3.86. The zero-order valence-electron chi connectivity index (χ0n) is 11.5. The van der Waals surface area contributed by atoms with E-state index in [-0.39, 0.29) is 17.9 Å². The Labute approximate surface area is 138 Å². The number of rotatable bonds is 4. The molecule has 0 heterocycles. The predicted octanol–water partition coefficient (Wildman–Crippen LogP) is 4.48. The number of nitrogens with one attached hydrogen (secondary N) is 1. The fraction of sp³-hybridized carbons (Fsp3) is 0.533. The van der Waals surface area contributed by atoms with Crippen molar-refractivity contribution >= 4 is 45.8 Å². The van der Waals surface area contributed by atoms with E-state index >= 15 is 0 Å². The third-order valence-electron chi connectivity index (χ3n) is 3.58. The molecule has 1 aliphatic rings. The molecule has 2 rings (SSSR count). The Morgan fingerprint density at radius 3 is 3.00 bits per heavy atom. The normalized spacial score (nSPS) is 22.4. The number of anilines is 1. The van der Waals surface area contributed by atoms with E-state index in [4.69, 9.17) is 16.3 Å². The minimum atomic E-state index is -0.0623. The second kappa shape index (κ2) is 7.50. The molecule has 0 aliphatic heterocycles. The number of hydrogen-bond acceptors (Lipinski definition) is 3. The quantitative estimate of drug-likeness (QED) is 0.591. The first-order valence-corrected chi connectivity index (χ1v) is 8.44. The third kappa shape index (κ3) is 4.25. The van der Waals surface area contributed by atoms with E-state index in [0.29, 0.717) is 6.61 Å². The summed E-state index contributed by atoms with van der Waals surface area (Å²) in [6, 6.07) is 6.25. The molecule has 5 heteroatoms.